The van der Waals surface area contributed by atoms with E-state index in [-0.39, 0.29) is 23.9 Å². The molecule has 2 fully saturated rings. The number of carbonyl (C=O) groups excluding carboxylic acids is 2. The molecule has 0 bridgehead atoms. The van der Waals surface area contributed by atoms with Crippen LogP contribution in [0.2, 0.25) is 0 Å². The van der Waals surface area contributed by atoms with Crippen LogP contribution in [0.4, 0.5) is 0 Å². The third-order valence-electron chi connectivity index (χ3n) is 5.18. The molecule has 0 aliphatic carbocycles. The molecule has 2 N–H and O–H groups in total. The molecule has 1 aromatic rings. The van der Waals surface area contributed by atoms with Crippen molar-refractivity contribution in [2.45, 2.75) is 37.8 Å². The number of ether oxygens (including phenoxy) is 2. The van der Waals surface area contributed by atoms with Gasteiger partial charge in [-0.25, -0.2) is 0 Å². The first-order valence-corrected chi connectivity index (χ1v) is 9.66. The van der Waals surface area contributed by atoms with Gasteiger partial charge in [-0.05, 0) is 18.9 Å². The number of hydrogen-bond acceptors (Lipinski definition) is 5. The number of nitrogens with one attached hydrogen (secondary N) is 2. The SMILES string of the molecule is COc1ccccc1CC(=O)N1CCC(NC(=O)CC2COCCN2)CC1. The summed E-state index contributed by atoms with van der Waals surface area (Å²) >= 11 is 0. The van der Waals surface area contributed by atoms with E-state index in [4.69, 9.17) is 9.47 Å². The van der Waals surface area contributed by atoms with E-state index in [1.54, 1.807) is 7.11 Å². The minimum Gasteiger partial charge on any atom is -0.496 e. The summed E-state index contributed by atoms with van der Waals surface area (Å²) in [7, 11) is 1.62. The predicted molar refractivity (Wildman–Crippen MR) is 102 cm³/mol. The molecular formula is C20H29N3O4. The second-order valence-corrected chi connectivity index (χ2v) is 7.14. The Balaban J connectivity index is 1.41. The number of methoxy groups -OCH3 is 1. The molecule has 0 spiro atoms. The van der Waals surface area contributed by atoms with Gasteiger partial charge in [-0.3, -0.25) is 9.59 Å². The number of hydrogen-bond donors (Lipinski definition) is 2. The Morgan fingerprint density at radius 1 is 1.30 bits per heavy atom. The molecule has 0 radical (unpaired) electrons. The van der Waals surface area contributed by atoms with Gasteiger partial charge in [-0.1, -0.05) is 18.2 Å². The van der Waals surface area contributed by atoms with Gasteiger partial charge in [0.1, 0.15) is 5.75 Å². The number of amides is 2. The van der Waals surface area contributed by atoms with Crippen LogP contribution in [-0.2, 0) is 20.7 Å². The van der Waals surface area contributed by atoms with Gasteiger partial charge in [-0.2, -0.15) is 0 Å². The summed E-state index contributed by atoms with van der Waals surface area (Å²) in [6.45, 7) is 3.43. The lowest BCUT2D eigenvalue weighted by Gasteiger charge is -2.33. The highest BCUT2D eigenvalue weighted by Crippen LogP contribution is 2.20. The van der Waals surface area contributed by atoms with Gasteiger partial charge < -0.3 is 25.0 Å². The second kappa shape index (κ2) is 9.71. The smallest absolute Gasteiger partial charge is 0.227 e. The molecular weight excluding hydrogens is 346 g/mol. The number of nitrogens with zero attached hydrogens (tertiary/aromatic N) is 1. The summed E-state index contributed by atoms with van der Waals surface area (Å²) in [6, 6.07) is 7.84. The fraction of sp³-hybridized carbons (Fsp3) is 0.600. The summed E-state index contributed by atoms with van der Waals surface area (Å²) in [6.07, 6.45) is 2.36. The minimum atomic E-state index is 0.0526. The van der Waals surface area contributed by atoms with E-state index in [0.29, 0.717) is 39.1 Å². The quantitative estimate of drug-likeness (QED) is 0.766. The summed E-state index contributed by atoms with van der Waals surface area (Å²) in [5.41, 5.74) is 0.905. The molecule has 7 nitrogen and oxygen atoms in total. The maximum absolute atomic E-state index is 12.6. The zero-order chi connectivity index (χ0) is 19.1. The van der Waals surface area contributed by atoms with Gasteiger partial charge in [0.2, 0.25) is 11.8 Å². The van der Waals surface area contributed by atoms with Crippen molar-refractivity contribution in [1.29, 1.82) is 0 Å². The van der Waals surface area contributed by atoms with Crippen molar-refractivity contribution < 1.29 is 19.1 Å². The largest absolute Gasteiger partial charge is 0.496 e. The lowest BCUT2D eigenvalue weighted by atomic mass is 10.0. The number of carbonyl (C=O) groups is 2. The predicted octanol–water partition coefficient (Wildman–Crippen LogP) is 0.723. The summed E-state index contributed by atoms with van der Waals surface area (Å²) in [5.74, 6) is 0.901. The van der Waals surface area contributed by atoms with Crippen molar-refractivity contribution in [2.75, 3.05) is 40.0 Å². The maximum atomic E-state index is 12.6. The molecule has 148 valence electrons. The molecule has 2 aliphatic heterocycles. The minimum absolute atomic E-state index is 0.0526. The van der Waals surface area contributed by atoms with Crippen LogP contribution in [-0.4, -0.2) is 68.8 Å². The zero-order valence-electron chi connectivity index (χ0n) is 15.9. The van der Waals surface area contributed by atoms with Gasteiger partial charge in [-0.15, -0.1) is 0 Å². The third kappa shape index (κ3) is 5.68. The first kappa shape index (κ1) is 19.6. The second-order valence-electron chi connectivity index (χ2n) is 7.14. The zero-order valence-corrected chi connectivity index (χ0v) is 15.9. The third-order valence-corrected chi connectivity index (χ3v) is 5.18. The highest BCUT2D eigenvalue weighted by molar-refractivity contribution is 5.80. The average molecular weight is 375 g/mol. The highest BCUT2D eigenvalue weighted by atomic mass is 16.5. The van der Waals surface area contributed by atoms with E-state index in [1.807, 2.05) is 29.2 Å². The van der Waals surface area contributed by atoms with Crippen LogP contribution in [0.25, 0.3) is 0 Å². The van der Waals surface area contributed by atoms with E-state index in [0.717, 1.165) is 30.7 Å². The molecule has 2 saturated heterocycles. The molecule has 2 heterocycles. The average Bonchev–Trinajstić information content (AvgIpc) is 2.69. The fourth-order valence-corrected chi connectivity index (χ4v) is 3.66. The molecule has 2 amide bonds. The number of benzene rings is 1. The van der Waals surface area contributed by atoms with Crippen LogP contribution >= 0.6 is 0 Å². The maximum Gasteiger partial charge on any atom is 0.227 e. The number of piperidine rings is 1. The van der Waals surface area contributed by atoms with Crippen molar-refractivity contribution in [1.82, 2.24) is 15.5 Å². The molecule has 1 atom stereocenters. The lowest BCUT2D eigenvalue weighted by molar-refractivity contribution is -0.131. The molecule has 27 heavy (non-hydrogen) atoms. The normalized spacial score (nSPS) is 20.9. The van der Waals surface area contributed by atoms with Crippen LogP contribution in [0.3, 0.4) is 0 Å². The highest BCUT2D eigenvalue weighted by Gasteiger charge is 2.25. The fourth-order valence-electron chi connectivity index (χ4n) is 3.66. The Hall–Kier alpha value is -2.12. The molecule has 1 aromatic carbocycles. The number of morpholine rings is 1. The molecule has 0 saturated carbocycles. The van der Waals surface area contributed by atoms with E-state index in [2.05, 4.69) is 10.6 Å². The summed E-state index contributed by atoms with van der Waals surface area (Å²) in [4.78, 5) is 26.7. The molecule has 7 heteroatoms. The van der Waals surface area contributed by atoms with Crippen molar-refractivity contribution >= 4 is 11.8 Å². The van der Waals surface area contributed by atoms with Crippen molar-refractivity contribution in [3.63, 3.8) is 0 Å². The number of para-hydroxylation sites is 1. The van der Waals surface area contributed by atoms with Gasteiger partial charge in [0.15, 0.2) is 0 Å². The molecule has 2 aliphatic rings. The first-order valence-electron chi connectivity index (χ1n) is 9.66. The molecule has 3 rings (SSSR count). The Morgan fingerprint density at radius 2 is 2.07 bits per heavy atom. The van der Waals surface area contributed by atoms with Crippen molar-refractivity contribution in [2.24, 2.45) is 0 Å². The Kier molecular flexibility index (Phi) is 7.06. The van der Waals surface area contributed by atoms with Crippen LogP contribution in [0.15, 0.2) is 24.3 Å². The molecule has 0 aromatic heterocycles. The lowest BCUT2D eigenvalue weighted by Crippen LogP contribution is -2.49. The monoisotopic (exact) mass is 375 g/mol. The Morgan fingerprint density at radius 3 is 2.78 bits per heavy atom. The van der Waals surface area contributed by atoms with Crippen LogP contribution in [0.1, 0.15) is 24.8 Å². The van der Waals surface area contributed by atoms with Gasteiger partial charge >= 0.3 is 0 Å². The van der Waals surface area contributed by atoms with E-state index < -0.39 is 0 Å². The summed E-state index contributed by atoms with van der Waals surface area (Å²) in [5, 5.41) is 6.39. The summed E-state index contributed by atoms with van der Waals surface area (Å²) < 4.78 is 10.7. The Labute approximate surface area is 160 Å². The van der Waals surface area contributed by atoms with Crippen LogP contribution in [0, 0.1) is 0 Å². The van der Waals surface area contributed by atoms with Gasteiger partial charge in [0.25, 0.3) is 0 Å². The first-order chi connectivity index (χ1) is 13.2. The Bertz CT molecular complexity index is 638. The topological polar surface area (TPSA) is 79.9 Å². The van der Waals surface area contributed by atoms with E-state index in [9.17, 15) is 9.59 Å². The number of likely N-dealkylation sites (tertiary alicyclic amines) is 1. The van der Waals surface area contributed by atoms with Crippen molar-refractivity contribution in [3.8, 4) is 5.75 Å². The van der Waals surface area contributed by atoms with Gasteiger partial charge in [0, 0.05) is 43.7 Å². The van der Waals surface area contributed by atoms with Crippen LogP contribution < -0.4 is 15.4 Å². The van der Waals surface area contributed by atoms with E-state index in [1.165, 1.54) is 0 Å². The van der Waals surface area contributed by atoms with Crippen molar-refractivity contribution in [3.05, 3.63) is 29.8 Å². The van der Waals surface area contributed by atoms with E-state index >= 15 is 0 Å². The van der Waals surface area contributed by atoms with Gasteiger partial charge in [0.05, 0.1) is 26.7 Å². The van der Waals surface area contributed by atoms with Crippen LogP contribution in [0.5, 0.6) is 5.75 Å². The molecule has 1 unspecified atom stereocenters. The number of rotatable bonds is 6. The standard InChI is InChI=1S/C20H29N3O4/c1-26-18-5-3-2-4-15(18)12-20(25)23-9-6-16(7-10-23)22-19(24)13-17-14-27-11-8-21-17/h2-5,16-17,21H,6-14H2,1H3,(H,22,24).